The van der Waals surface area contributed by atoms with Gasteiger partial charge in [-0.25, -0.2) is 21.1 Å². The van der Waals surface area contributed by atoms with Crippen molar-refractivity contribution in [3.63, 3.8) is 0 Å². The first-order chi connectivity index (χ1) is 14.2. The molecule has 0 radical (unpaired) electrons. The molecule has 0 unspecified atom stereocenters. The Bertz CT molecular complexity index is 1060. The molecule has 0 bridgehead atoms. The van der Waals surface area contributed by atoms with Gasteiger partial charge in [-0.2, -0.15) is 4.31 Å². The van der Waals surface area contributed by atoms with Crippen LogP contribution in [0.2, 0.25) is 0 Å². The highest BCUT2D eigenvalue weighted by Gasteiger charge is 2.26. The van der Waals surface area contributed by atoms with Gasteiger partial charge in [0, 0.05) is 38.5 Å². The average molecular weight is 475 g/mol. The van der Waals surface area contributed by atoms with Crippen LogP contribution in [0, 0.1) is 0 Å². The fraction of sp³-hybridized carbons (Fsp3) is 0.556. The molecule has 0 saturated carbocycles. The number of thioether (sulfide) groups is 1. The van der Waals surface area contributed by atoms with E-state index in [0.717, 1.165) is 19.3 Å². The smallest absolute Gasteiger partial charge is 0.276 e. The van der Waals surface area contributed by atoms with E-state index in [1.54, 1.807) is 24.3 Å². The van der Waals surface area contributed by atoms with E-state index in [-0.39, 0.29) is 16.5 Å². The number of hydrogen-bond acceptors (Lipinski definition) is 8. The summed E-state index contributed by atoms with van der Waals surface area (Å²) >= 11 is 1.27. The van der Waals surface area contributed by atoms with Crippen molar-refractivity contribution in [1.29, 1.82) is 0 Å². The first-order valence-corrected chi connectivity index (χ1v) is 13.7. The SMILES string of the molecule is CN(C)S(=O)(=O)CCCSc1nnc(-c2cccc(S(=O)(=O)N3CCCCC3)c2)o1. The van der Waals surface area contributed by atoms with Crippen molar-refractivity contribution in [3.8, 4) is 11.5 Å². The van der Waals surface area contributed by atoms with Gasteiger partial charge in [-0.3, -0.25) is 0 Å². The van der Waals surface area contributed by atoms with Gasteiger partial charge in [-0.1, -0.05) is 24.2 Å². The molecule has 12 heteroatoms. The lowest BCUT2D eigenvalue weighted by Gasteiger charge is -2.25. The van der Waals surface area contributed by atoms with Crippen LogP contribution in [0.4, 0.5) is 0 Å². The van der Waals surface area contributed by atoms with Gasteiger partial charge in [0.15, 0.2) is 0 Å². The minimum absolute atomic E-state index is 0.0460. The van der Waals surface area contributed by atoms with Gasteiger partial charge in [0.05, 0.1) is 10.6 Å². The van der Waals surface area contributed by atoms with Gasteiger partial charge in [0.25, 0.3) is 5.22 Å². The summed E-state index contributed by atoms with van der Waals surface area (Å²) in [6.45, 7) is 1.08. The summed E-state index contributed by atoms with van der Waals surface area (Å²) in [5.41, 5.74) is 0.530. The van der Waals surface area contributed by atoms with E-state index in [1.165, 1.54) is 34.5 Å². The molecule has 1 aliphatic heterocycles. The van der Waals surface area contributed by atoms with Crippen LogP contribution in [0.1, 0.15) is 25.7 Å². The van der Waals surface area contributed by atoms with Crippen molar-refractivity contribution in [2.75, 3.05) is 38.7 Å². The third kappa shape index (κ3) is 5.61. The molecular weight excluding hydrogens is 448 g/mol. The maximum atomic E-state index is 12.9. The summed E-state index contributed by atoms with van der Waals surface area (Å²) in [4.78, 5) is 0.211. The van der Waals surface area contributed by atoms with E-state index in [0.29, 0.717) is 36.0 Å². The molecule has 0 aliphatic carbocycles. The Balaban J connectivity index is 1.65. The molecule has 9 nitrogen and oxygen atoms in total. The van der Waals surface area contributed by atoms with Crippen LogP contribution in [0.3, 0.4) is 0 Å². The van der Waals surface area contributed by atoms with Gasteiger partial charge in [-0.05, 0) is 37.5 Å². The van der Waals surface area contributed by atoms with Crippen LogP contribution in [-0.2, 0) is 20.0 Å². The van der Waals surface area contributed by atoms with Gasteiger partial charge in [-0.15, -0.1) is 10.2 Å². The molecule has 1 saturated heterocycles. The molecule has 0 spiro atoms. The van der Waals surface area contributed by atoms with Crippen molar-refractivity contribution in [1.82, 2.24) is 18.8 Å². The Hall–Kier alpha value is -1.47. The largest absolute Gasteiger partial charge is 0.411 e. The quantitative estimate of drug-likeness (QED) is 0.402. The standard InChI is InChI=1S/C18H26N4O5S3/c1-21(2)29(23,24)13-7-12-28-18-20-19-17(27-18)15-8-6-9-16(14-15)30(25,26)22-10-4-3-5-11-22/h6,8-9,14H,3-5,7,10-13H2,1-2H3. The molecule has 0 atom stereocenters. The Labute approximate surface area is 181 Å². The molecule has 0 N–H and O–H groups in total. The Morgan fingerprint density at radius 2 is 1.83 bits per heavy atom. The van der Waals surface area contributed by atoms with Crippen LogP contribution >= 0.6 is 11.8 Å². The van der Waals surface area contributed by atoms with Gasteiger partial charge in [0.1, 0.15) is 0 Å². The Morgan fingerprint density at radius 1 is 1.10 bits per heavy atom. The van der Waals surface area contributed by atoms with E-state index in [1.807, 2.05) is 0 Å². The maximum absolute atomic E-state index is 12.9. The second-order valence-electron chi connectivity index (χ2n) is 7.17. The fourth-order valence-corrected chi connectivity index (χ4v) is 6.33. The zero-order valence-corrected chi connectivity index (χ0v) is 19.5. The molecule has 1 aromatic carbocycles. The van der Waals surface area contributed by atoms with Gasteiger partial charge < -0.3 is 4.42 Å². The van der Waals surface area contributed by atoms with Crippen molar-refractivity contribution >= 4 is 31.8 Å². The molecule has 30 heavy (non-hydrogen) atoms. The van der Waals surface area contributed by atoms with Crippen molar-refractivity contribution < 1.29 is 21.3 Å². The number of rotatable bonds is 9. The second-order valence-corrected chi connectivity index (χ2v) is 12.5. The van der Waals surface area contributed by atoms with E-state index in [9.17, 15) is 16.8 Å². The van der Waals surface area contributed by atoms with Crippen LogP contribution in [-0.4, -0.2) is 74.3 Å². The molecule has 2 aromatic rings. The summed E-state index contributed by atoms with van der Waals surface area (Å²) < 4.78 is 57.7. The summed E-state index contributed by atoms with van der Waals surface area (Å²) in [5, 5.41) is 8.29. The van der Waals surface area contributed by atoms with Crippen molar-refractivity contribution in [2.24, 2.45) is 0 Å². The summed E-state index contributed by atoms with van der Waals surface area (Å²) in [7, 11) is -3.76. The highest BCUT2D eigenvalue weighted by Crippen LogP contribution is 2.27. The van der Waals surface area contributed by atoms with Crippen LogP contribution in [0.25, 0.3) is 11.5 Å². The summed E-state index contributed by atoms with van der Waals surface area (Å²) in [5.74, 6) is 0.789. The highest BCUT2D eigenvalue weighted by molar-refractivity contribution is 7.99. The summed E-state index contributed by atoms with van der Waals surface area (Å²) in [6.07, 6.45) is 3.25. The second kappa shape index (κ2) is 9.77. The first kappa shape index (κ1) is 23.2. The molecular formula is C18H26N4O5S3. The van der Waals surface area contributed by atoms with E-state index < -0.39 is 20.0 Å². The van der Waals surface area contributed by atoms with Crippen LogP contribution in [0.5, 0.6) is 0 Å². The van der Waals surface area contributed by atoms with Crippen molar-refractivity contribution in [2.45, 2.75) is 35.8 Å². The molecule has 166 valence electrons. The lowest BCUT2D eigenvalue weighted by Crippen LogP contribution is -2.35. The average Bonchev–Trinajstić information content (AvgIpc) is 3.21. The Morgan fingerprint density at radius 3 is 2.53 bits per heavy atom. The predicted molar refractivity (Wildman–Crippen MR) is 115 cm³/mol. The van der Waals surface area contributed by atoms with Crippen LogP contribution in [0.15, 0.2) is 38.8 Å². The molecule has 1 aliphatic rings. The van der Waals surface area contributed by atoms with Crippen molar-refractivity contribution in [3.05, 3.63) is 24.3 Å². The topological polar surface area (TPSA) is 114 Å². The monoisotopic (exact) mass is 474 g/mol. The van der Waals surface area contributed by atoms with Gasteiger partial charge in [0.2, 0.25) is 25.9 Å². The van der Waals surface area contributed by atoms with E-state index >= 15 is 0 Å². The molecule has 1 aromatic heterocycles. The predicted octanol–water partition coefficient (Wildman–Crippen LogP) is 2.28. The maximum Gasteiger partial charge on any atom is 0.276 e. The minimum atomic E-state index is -3.55. The fourth-order valence-electron chi connectivity index (χ4n) is 3.01. The molecule has 0 amide bonds. The molecule has 3 rings (SSSR count). The lowest BCUT2D eigenvalue weighted by molar-refractivity contribution is 0.346. The van der Waals surface area contributed by atoms with Gasteiger partial charge >= 0.3 is 0 Å². The number of sulfonamides is 2. The lowest BCUT2D eigenvalue weighted by atomic mass is 10.2. The van der Waals surface area contributed by atoms with Crippen LogP contribution < -0.4 is 0 Å². The number of piperidine rings is 1. The zero-order chi connectivity index (χ0) is 21.8. The molecule has 2 heterocycles. The molecule has 1 fully saturated rings. The minimum Gasteiger partial charge on any atom is -0.411 e. The number of aromatic nitrogens is 2. The number of nitrogens with zero attached hydrogens (tertiary/aromatic N) is 4. The Kier molecular flexibility index (Phi) is 7.56. The third-order valence-electron chi connectivity index (χ3n) is 4.77. The van der Waals surface area contributed by atoms with E-state index in [4.69, 9.17) is 4.42 Å². The first-order valence-electron chi connectivity index (χ1n) is 9.67. The number of hydrogen-bond donors (Lipinski definition) is 0. The normalized spacial score (nSPS) is 16.2. The van der Waals surface area contributed by atoms with E-state index in [2.05, 4.69) is 10.2 Å². The summed E-state index contributed by atoms with van der Waals surface area (Å²) in [6, 6.07) is 6.51. The third-order valence-corrected chi connectivity index (χ3v) is 9.49. The number of benzene rings is 1. The zero-order valence-electron chi connectivity index (χ0n) is 17.0. The highest BCUT2D eigenvalue weighted by atomic mass is 32.2.